The molecule has 3 N–H and O–H groups in total. The predicted octanol–water partition coefficient (Wildman–Crippen LogP) is 2.54. The van der Waals surface area contributed by atoms with E-state index in [9.17, 15) is 5.11 Å². The van der Waals surface area contributed by atoms with Gasteiger partial charge in [0.15, 0.2) is 0 Å². The number of benzene rings is 1. The normalized spacial score (nSPS) is 14.8. The van der Waals surface area contributed by atoms with Gasteiger partial charge in [-0.2, -0.15) is 0 Å². The summed E-state index contributed by atoms with van der Waals surface area (Å²) in [6.45, 7) is 5.93. The average Bonchev–Trinajstić information content (AvgIpc) is 2.29. The molecule has 2 unspecified atom stereocenters. The lowest BCUT2D eigenvalue weighted by Crippen LogP contribution is -2.41. The standard InChI is InChI=1S/C14H23BrN2O/c1-3-7-17(8-9-18)14(11(2)16)12-5-4-6-13(15)10-12/h4-6,10-11,14,18H,3,7-9,16H2,1-2H3. The van der Waals surface area contributed by atoms with Gasteiger partial charge in [-0.25, -0.2) is 0 Å². The molecule has 0 spiro atoms. The zero-order valence-corrected chi connectivity index (χ0v) is 12.7. The largest absolute Gasteiger partial charge is 0.395 e. The van der Waals surface area contributed by atoms with E-state index in [0.717, 1.165) is 17.4 Å². The molecule has 0 aromatic heterocycles. The van der Waals surface area contributed by atoms with Crippen molar-refractivity contribution >= 4 is 15.9 Å². The van der Waals surface area contributed by atoms with Crippen molar-refractivity contribution in [2.75, 3.05) is 19.7 Å². The third-order valence-corrected chi connectivity index (χ3v) is 3.47. The van der Waals surface area contributed by atoms with Crippen LogP contribution in [0, 0.1) is 0 Å². The lowest BCUT2D eigenvalue weighted by molar-refractivity contribution is 0.137. The molecule has 0 saturated carbocycles. The Hall–Kier alpha value is -0.420. The number of nitrogens with two attached hydrogens (primary N) is 1. The quantitative estimate of drug-likeness (QED) is 0.813. The molecule has 0 bridgehead atoms. The van der Waals surface area contributed by atoms with Crippen LogP contribution in [0.25, 0.3) is 0 Å². The summed E-state index contributed by atoms with van der Waals surface area (Å²) in [5, 5.41) is 9.20. The van der Waals surface area contributed by atoms with Crippen molar-refractivity contribution < 1.29 is 5.11 Å². The Morgan fingerprint density at radius 3 is 2.61 bits per heavy atom. The first-order valence-corrected chi connectivity index (χ1v) is 7.25. The van der Waals surface area contributed by atoms with Crippen LogP contribution in [-0.2, 0) is 0 Å². The molecule has 0 amide bonds. The minimum atomic E-state index is 0.0254. The first-order chi connectivity index (χ1) is 8.60. The van der Waals surface area contributed by atoms with Crippen molar-refractivity contribution in [3.05, 3.63) is 34.3 Å². The number of hydrogen-bond acceptors (Lipinski definition) is 3. The number of aliphatic hydroxyl groups excluding tert-OH is 1. The Balaban J connectivity index is 2.99. The Morgan fingerprint density at radius 2 is 2.11 bits per heavy atom. The highest BCUT2D eigenvalue weighted by molar-refractivity contribution is 9.10. The maximum atomic E-state index is 9.20. The van der Waals surface area contributed by atoms with Gasteiger partial charge in [0.2, 0.25) is 0 Å². The molecule has 0 aliphatic heterocycles. The molecule has 0 heterocycles. The Morgan fingerprint density at radius 1 is 1.39 bits per heavy atom. The molecule has 102 valence electrons. The third kappa shape index (κ3) is 4.35. The van der Waals surface area contributed by atoms with E-state index in [1.165, 1.54) is 5.56 Å². The lowest BCUT2D eigenvalue weighted by Gasteiger charge is -2.34. The maximum Gasteiger partial charge on any atom is 0.0558 e. The first-order valence-electron chi connectivity index (χ1n) is 6.46. The van der Waals surface area contributed by atoms with Gasteiger partial charge in [0, 0.05) is 23.1 Å². The van der Waals surface area contributed by atoms with Gasteiger partial charge in [0.25, 0.3) is 0 Å². The minimum absolute atomic E-state index is 0.0254. The fraction of sp³-hybridized carbons (Fsp3) is 0.571. The summed E-state index contributed by atoms with van der Waals surface area (Å²) < 4.78 is 1.06. The second-order valence-corrected chi connectivity index (χ2v) is 5.53. The van der Waals surface area contributed by atoms with Crippen molar-refractivity contribution in [2.24, 2.45) is 5.73 Å². The van der Waals surface area contributed by atoms with Crippen molar-refractivity contribution in [1.29, 1.82) is 0 Å². The van der Waals surface area contributed by atoms with Crippen LogP contribution in [0.1, 0.15) is 31.9 Å². The van der Waals surface area contributed by atoms with E-state index in [-0.39, 0.29) is 18.7 Å². The van der Waals surface area contributed by atoms with Gasteiger partial charge >= 0.3 is 0 Å². The Labute approximate surface area is 118 Å². The summed E-state index contributed by atoms with van der Waals surface area (Å²) in [6, 6.07) is 8.41. The van der Waals surface area contributed by atoms with E-state index >= 15 is 0 Å². The zero-order chi connectivity index (χ0) is 13.5. The molecule has 1 aromatic carbocycles. The molecule has 18 heavy (non-hydrogen) atoms. The lowest BCUT2D eigenvalue weighted by atomic mass is 9.99. The maximum absolute atomic E-state index is 9.20. The van der Waals surface area contributed by atoms with Crippen LogP contribution in [0.3, 0.4) is 0 Å². The van der Waals surface area contributed by atoms with Crippen molar-refractivity contribution in [1.82, 2.24) is 4.90 Å². The molecule has 0 aliphatic carbocycles. The highest BCUT2D eigenvalue weighted by atomic mass is 79.9. The van der Waals surface area contributed by atoms with Crippen molar-refractivity contribution in [2.45, 2.75) is 32.4 Å². The number of hydrogen-bond donors (Lipinski definition) is 2. The van der Waals surface area contributed by atoms with Gasteiger partial charge in [-0.05, 0) is 37.6 Å². The Bertz CT molecular complexity index is 351. The van der Waals surface area contributed by atoms with E-state index in [4.69, 9.17) is 5.73 Å². The van der Waals surface area contributed by atoms with E-state index in [1.54, 1.807) is 0 Å². The monoisotopic (exact) mass is 314 g/mol. The molecule has 0 fully saturated rings. The smallest absolute Gasteiger partial charge is 0.0558 e. The van der Waals surface area contributed by atoms with E-state index in [2.05, 4.69) is 39.9 Å². The summed E-state index contributed by atoms with van der Waals surface area (Å²) in [5.41, 5.74) is 7.34. The molecule has 0 radical (unpaired) electrons. The molecular formula is C14H23BrN2O. The SMILES string of the molecule is CCCN(CCO)C(c1cccc(Br)c1)C(C)N. The van der Waals surface area contributed by atoms with Crippen molar-refractivity contribution in [3.8, 4) is 0 Å². The molecule has 3 nitrogen and oxygen atoms in total. The predicted molar refractivity (Wildman–Crippen MR) is 79.5 cm³/mol. The summed E-state index contributed by atoms with van der Waals surface area (Å²) in [6.07, 6.45) is 1.05. The highest BCUT2D eigenvalue weighted by Crippen LogP contribution is 2.26. The average molecular weight is 315 g/mol. The summed E-state index contributed by atoms with van der Waals surface area (Å²) in [5.74, 6) is 0. The Kier molecular flexibility index (Phi) is 6.86. The fourth-order valence-corrected chi connectivity index (χ4v) is 2.76. The molecule has 4 heteroatoms. The van der Waals surface area contributed by atoms with E-state index in [1.807, 2.05) is 19.1 Å². The van der Waals surface area contributed by atoms with Gasteiger partial charge in [0.1, 0.15) is 0 Å². The van der Waals surface area contributed by atoms with Crippen molar-refractivity contribution in [3.63, 3.8) is 0 Å². The van der Waals surface area contributed by atoms with Gasteiger partial charge in [0.05, 0.1) is 6.61 Å². The second kappa shape index (κ2) is 7.89. The van der Waals surface area contributed by atoms with Crippen LogP contribution in [0.4, 0.5) is 0 Å². The summed E-state index contributed by atoms with van der Waals surface area (Å²) in [7, 11) is 0. The summed E-state index contributed by atoms with van der Waals surface area (Å²) >= 11 is 3.50. The number of rotatable bonds is 7. The molecule has 2 atom stereocenters. The van der Waals surface area contributed by atoms with Crippen LogP contribution in [-0.4, -0.2) is 35.7 Å². The van der Waals surface area contributed by atoms with Gasteiger partial charge in [-0.15, -0.1) is 0 Å². The minimum Gasteiger partial charge on any atom is -0.395 e. The zero-order valence-electron chi connectivity index (χ0n) is 11.1. The van der Waals surface area contributed by atoms with E-state index in [0.29, 0.717) is 6.54 Å². The number of halogens is 1. The second-order valence-electron chi connectivity index (χ2n) is 4.62. The molecule has 1 aromatic rings. The number of aliphatic hydroxyl groups is 1. The van der Waals surface area contributed by atoms with Crippen LogP contribution in [0.15, 0.2) is 28.7 Å². The molecule has 0 saturated heterocycles. The van der Waals surface area contributed by atoms with Gasteiger partial charge < -0.3 is 10.8 Å². The topological polar surface area (TPSA) is 49.5 Å². The first kappa shape index (κ1) is 15.6. The molecule has 1 rings (SSSR count). The molecule has 0 aliphatic rings. The van der Waals surface area contributed by atoms with Crippen LogP contribution in [0.2, 0.25) is 0 Å². The highest BCUT2D eigenvalue weighted by Gasteiger charge is 2.23. The van der Waals surface area contributed by atoms with Crippen LogP contribution in [0.5, 0.6) is 0 Å². The molecular weight excluding hydrogens is 292 g/mol. The third-order valence-electron chi connectivity index (χ3n) is 2.98. The van der Waals surface area contributed by atoms with Crippen LogP contribution >= 0.6 is 15.9 Å². The van der Waals surface area contributed by atoms with Crippen LogP contribution < -0.4 is 5.73 Å². The van der Waals surface area contributed by atoms with Gasteiger partial charge in [-0.1, -0.05) is 35.0 Å². The van der Waals surface area contributed by atoms with E-state index < -0.39 is 0 Å². The fourth-order valence-electron chi connectivity index (χ4n) is 2.34. The van der Waals surface area contributed by atoms with Gasteiger partial charge in [-0.3, -0.25) is 4.90 Å². The summed E-state index contributed by atoms with van der Waals surface area (Å²) in [4.78, 5) is 2.26. The number of nitrogens with zero attached hydrogens (tertiary/aromatic N) is 1.